The Labute approximate surface area is 99.9 Å². The molecule has 87 valence electrons. The fourth-order valence-electron chi connectivity index (χ4n) is 1.08. The smallest absolute Gasteiger partial charge is 0.249 e. The van der Waals surface area contributed by atoms with Crippen LogP contribution >= 0.6 is 11.8 Å². The fourth-order valence-corrected chi connectivity index (χ4v) is 1.78. The maximum atomic E-state index is 12.3. The molecule has 0 aromatic carbocycles. The minimum absolute atomic E-state index is 0.469. The maximum Gasteiger partial charge on any atom is 0.417 e. The van der Waals surface area contributed by atoms with Gasteiger partial charge in [-0.15, -0.1) is 0 Å². The minimum atomic E-state index is -4.35. The van der Waals surface area contributed by atoms with Crippen LogP contribution in [0.1, 0.15) is 5.56 Å². The van der Waals surface area contributed by atoms with Gasteiger partial charge in [0, 0.05) is 18.5 Å². The predicted molar refractivity (Wildman–Crippen MR) is 56.4 cm³/mol. The second kappa shape index (κ2) is 4.75. The lowest BCUT2D eigenvalue weighted by atomic mass is 10.3. The van der Waals surface area contributed by atoms with E-state index in [9.17, 15) is 13.2 Å². The molecule has 0 aliphatic rings. The Bertz CT molecular complexity index is 482. The van der Waals surface area contributed by atoms with Gasteiger partial charge in [-0.3, -0.25) is 0 Å². The standard InChI is InChI=1S/C11H6F3N2S/c12-11(13,14)8-4-5-10(16-7-8)17-9-3-1-2-6-15-9/h1,3-7H. The summed E-state index contributed by atoms with van der Waals surface area (Å²) in [6.45, 7) is 0. The molecule has 2 heterocycles. The second-order valence-corrected chi connectivity index (χ2v) is 4.12. The van der Waals surface area contributed by atoms with E-state index in [2.05, 4.69) is 16.0 Å². The first kappa shape index (κ1) is 11.9. The van der Waals surface area contributed by atoms with Crippen LogP contribution in [-0.2, 0) is 6.18 Å². The molecule has 0 saturated carbocycles. The summed E-state index contributed by atoms with van der Waals surface area (Å²) in [5.41, 5.74) is -0.754. The van der Waals surface area contributed by atoms with Gasteiger partial charge in [0.05, 0.1) is 5.56 Å². The molecule has 6 heteroatoms. The highest BCUT2D eigenvalue weighted by Crippen LogP contribution is 2.30. The average molecular weight is 255 g/mol. The van der Waals surface area contributed by atoms with E-state index in [1.54, 1.807) is 12.1 Å². The molecule has 0 atom stereocenters. The quantitative estimate of drug-likeness (QED) is 0.822. The summed E-state index contributed by atoms with van der Waals surface area (Å²) in [4.78, 5) is 7.72. The van der Waals surface area contributed by atoms with Gasteiger partial charge >= 0.3 is 6.18 Å². The lowest BCUT2D eigenvalue weighted by Gasteiger charge is -2.06. The molecule has 2 aromatic rings. The van der Waals surface area contributed by atoms with Gasteiger partial charge in [-0.25, -0.2) is 9.97 Å². The Morgan fingerprint density at radius 2 is 1.82 bits per heavy atom. The molecule has 0 fully saturated rings. The number of aromatic nitrogens is 2. The molecule has 0 aliphatic carbocycles. The summed E-state index contributed by atoms with van der Waals surface area (Å²) in [5, 5.41) is 1.13. The molecule has 2 aromatic heterocycles. The zero-order valence-electron chi connectivity index (χ0n) is 8.40. The Balaban J connectivity index is 2.14. The minimum Gasteiger partial charge on any atom is -0.249 e. The van der Waals surface area contributed by atoms with Crippen LogP contribution in [0.3, 0.4) is 0 Å². The topological polar surface area (TPSA) is 25.8 Å². The third-order valence-electron chi connectivity index (χ3n) is 1.86. The van der Waals surface area contributed by atoms with E-state index in [0.717, 1.165) is 12.3 Å². The summed E-state index contributed by atoms with van der Waals surface area (Å²) in [7, 11) is 0. The van der Waals surface area contributed by atoms with Crippen molar-refractivity contribution in [2.24, 2.45) is 0 Å². The molecule has 0 bridgehead atoms. The van der Waals surface area contributed by atoms with Crippen molar-refractivity contribution in [2.75, 3.05) is 0 Å². The number of hydrogen-bond acceptors (Lipinski definition) is 3. The van der Waals surface area contributed by atoms with Crippen LogP contribution in [0.2, 0.25) is 0 Å². The summed E-state index contributed by atoms with van der Waals surface area (Å²) in [6.07, 6.45) is -2.04. The molecule has 0 spiro atoms. The van der Waals surface area contributed by atoms with Crippen molar-refractivity contribution in [3.05, 3.63) is 48.3 Å². The van der Waals surface area contributed by atoms with Crippen LogP contribution in [0.5, 0.6) is 0 Å². The zero-order valence-corrected chi connectivity index (χ0v) is 9.22. The Hall–Kier alpha value is -1.56. The van der Waals surface area contributed by atoms with Crippen molar-refractivity contribution in [2.45, 2.75) is 16.2 Å². The molecular formula is C11H6F3N2S. The average Bonchev–Trinajstić information content (AvgIpc) is 2.30. The van der Waals surface area contributed by atoms with Crippen molar-refractivity contribution in [3.63, 3.8) is 0 Å². The largest absolute Gasteiger partial charge is 0.417 e. The number of hydrogen-bond donors (Lipinski definition) is 0. The Morgan fingerprint density at radius 1 is 1.06 bits per heavy atom. The lowest BCUT2D eigenvalue weighted by Crippen LogP contribution is -2.05. The highest BCUT2D eigenvalue weighted by Gasteiger charge is 2.30. The van der Waals surface area contributed by atoms with E-state index in [-0.39, 0.29) is 0 Å². The molecule has 17 heavy (non-hydrogen) atoms. The number of alkyl halides is 3. The van der Waals surface area contributed by atoms with Gasteiger partial charge in [0.2, 0.25) is 0 Å². The van der Waals surface area contributed by atoms with Gasteiger partial charge in [-0.1, -0.05) is 17.8 Å². The van der Waals surface area contributed by atoms with Gasteiger partial charge in [0.25, 0.3) is 0 Å². The third kappa shape index (κ3) is 3.20. The van der Waals surface area contributed by atoms with Gasteiger partial charge in [-0.05, 0) is 18.2 Å². The van der Waals surface area contributed by atoms with Crippen LogP contribution in [-0.4, -0.2) is 9.97 Å². The molecule has 0 N–H and O–H groups in total. The molecule has 0 unspecified atom stereocenters. The summed E-state index contributed by atoms with van der Waals surface area (Å²) < 4.78 is 36.8. The first-order valence-electron chi connectivity index (χ1n) is 4.59. The molecule has 2 nitrogen and oxygen atoms in total. The van der Waals surface area contributed by atoms with Crippen molar-refractivity contribution in [3.8, 4) is 0 Å². The van der Waals surface area contributed by atoms with Crippen LogP contribution in [0.15, 0.2) is 46.7 Å². The van der Waals surface area contributed by atoms with E-state index in [1.165, 1.54) is 24.0 Å². The number of nitrogens with zero attached hydrogens (tertiary/aromatic N) is 2. The van der Waals surface area contributed by atoms with Crippen LogP contribution < -0.4 is 0 Å². The van der Waals surface area contributed by atoms with Gasteiger partial charge in [0.1, 0.15) is 10.1 Å². The Kier molecular flexibility index (Phi) is 3.33. The first-order valence-corrected chi connectivity index (χ1v) is 5.40. The van der Waals surface area contributed by atoms with Crippen LogP contribution in [0.25, 0.3) is 0 Å². The highest BCUT2D eigenvalue weighted by atomic mass is 32.2. The molecular weight excluding hydrogens is 249 g/mol. The van der Waals surface area contributed by atoms with E-state index in [1.807, 2.05) is 0 Å². The first-order chi connectivity index (χ1) is 8.05. The molecule has 2 rings (SSSR count). The van der Waals surface area contributed by atoms with Gasteiger partial charge < -0.3 is 0 Å². The van der Waals surface area contributed by atoms with Crippen molar-refractivity contribution in [1.29, 1.82) is 0 Å². The fraction of sp³-hybridized carbons (Fsp3) is 0.0909. The number of rotatable bonds is 2. The lowest BCUT2D eigenvalue weighted by molar-refractivity contribution is -0.137. The Morgan fingerprint density at radius 3 is 2.35 bits per heavy atom. The maximum absolute atomic E-state index is 12.3. The number of halogens is 3. The second-order valence-electron chi connectivity index (χ2n) is 3.08. The molecule has 0 aliphatic heterocycles. The van der Waals surface area contributed by atoms with Crippen LogP contribution in [0, 0.1) is 6.07 Å². The number of pyridine rings is 2. The predicted octanol–water partition coefficient (Wildman–Crippen LogP) is 3.45. The van der Waals surface area contributed by atoms with E-state index in [0.29, 0.717) is 10.1 Å². The van der Waals surface area contributed by atoms with Crippen molar-refractivity contribution in [1.82, 2.24) is 9.97 Å². The molecule has 0 amide bonds. The van der Waals surface area contributed by atoms with E-state index >= 15 is 0 Å². The van der Waals surface area contributed by atoms with Crippen molar-refractivity contribution < 1.29 is 13.2 Å². The summed E-state index contributed by atoms with van der Waals surface area (Å²) in [6, 6.07) is 8.48. The summed E-state index contributed by atoms with van der Waals surface area (Å²) in [5.74, 6) is 0. The van der Waals surface area contributed by atoms with Gasteiger partial charge in [-0.2, -0.15) is 13.2 Å². The monoisotopic (exact) mass is 255 g/mol. The van der Waals surface area contributed by atoms with E-state index < -0.39 is 11.7 Å². The van der Waals surface area contributed by atoms with Crippen LogP contribution in [0.4, 0.5) is 13.2 Å². The highest BCUT2D eigenvalue weighted by molar-refractivity contribution is 7.99. The van der Waals surface area contributed by atoms with Gasteiger partial charge in [0.15, 0.2) is 0 Å². The molecule has 1 radical (unpaired) electrons. The zero-order chi connectivity index (χ0) is 12.3. The third-order valence-corrected chi connectivity index (χ3v) is 2.76. The van der Waals surface area contributed by atoms with E-state index in [4.69, 9.17) is 0 Å². The SMILES string of the molecule is FC(F)(F)c1ccc(Sc2cc[c]cn2)nc1. The van der Waals surface area contributed by atoms with Crippen molar-refractivity contribution >= 4 is 11.8 Å². The normalized spacial score (nSPS) is 11.5. The molecule has 0 saturated heterocycles. The summed E-state index contributed by atoms with van der Waals surface area (Å²) >= 11 is 1.20.